The van der Waals surface area contributed by atoms with Crippen molar-refractivity contribution in [1.82, 2.24) is 10.6 Å². The van der Waals surface area contributed by atoms with Gasteiger partial charge in [0.1, 0.15) is 19.0 Å². The smallest absolute Gasteiger partial charge is 0.315 e. The molecule has 0 bridgehead atoms. The highest BCUT2D eigenvalue weighted by Gasteiger charge is 2.11. The number of nitrogens with one attached hydrogen (secondary N) is 2. The Bertz CT molecular complexity index is 704. The van der Waals surface area contributed by atoms with E-state index in [9.17, 15) is 9.18 Å². The SMILES string of the molecule is O=C(NCCc1ccc2c(c1)OCCO2)NCc1ccc(F)cc1. The van der Waals surface area contributed by atoms with Crippen LogP contribution in [0.25, 0.3) is 0 Å². The van der Waals surface area contributed by atoms with Crippen molar-refractivity contribution in [3.8, 4) is 11.5 Å². The largest absolute Gasteiger partial charge is 0.486 e. The molecule has 126 valence electrons. The van der Waals surface area contributed by atoms with Crippen molar-refractivity contribution in [2.75, 3.05) is 19.8 Å². The molecule has 1 aliphatic rings. The molecule has 6 heteroatoms. The number of benzene rings is 2. The summed E-state index contributed by atoms with van der Waals surface area (Å²) in [7, 11) is 0. The summed E-state index contributed by atoms with van der Waals surface area (Å²) in [6.07, 6.45) is 0.695. The highest BCUT2D eigenvalue weighted by atomic mass is 19.1. The van der Waals surface area contributed by atoms with Crippen LogP contribution < -0.4 is 20.1 Å². The van der Waals surface area contributed by atoms with Gasteiger partial charge in [0.05, 0.1) is 0 Å². The van der Waals surface area contributed by atoms with Crippen molar-refractivity contribution >= 4 is 6.03 Å². The minimum Gasteiger partial charge on any atom is -0.486 e. The molecular weight excluding hydrogens is 311 g/mol. The predicted octanol–water partition coefficient (Wildman–Crippen LogP) is 2.64. The summed E-state index contributed by atoms with van der Waals surface area (Å²) in [6, 6.07) is 11.6. The van der Waals surface area contributed by atoms with Crippen LogP contribution in [0.3, 0.4) is 0 Å². The molecule has 0 spiro atoms. The van der Waals surface area contributed by atoms with Crippen LogP contribution in [0.5, 0.6) is 11.5 Å². The van der Waals surface area contributed by atoms with Gasteiger partial charge in [-0.05, 0) is 41.8 Å². The number of ether oxygens (including phenoxy) is 2. The van der Waals surface area contributed by atoms with E-state index in [1.807, 2.05) is 18.2 Å². The molecule has 0 atom stereocenters. The Morgan fingerprint density at radius 2 is 1.67 bits per heavy atom. The van der Waals surface area contributed by atoms with Crippen molar-refractivity contribution in [3.05, 3.63) is 59.4 Å². The van der Waals surface area contributed by atoms with Gasteiger partial charge < -0.3 is 20.1 Å². The lowest BCUT2D eigenvalue weighted by Crippen LogP contribution is -2.36. The second-order valence-electron chi connectivity index (χ2n) is 5.46. The summed E-state index contributed by atoms with van der Waals surface area (Å²) < 4.78 is 23.8. The van der Waals surface area contributed by atoms with E-state index in [1.165, 1.54) is 12.1 Å². The quantitative estimate of drug-likeness (QED) is 0.886. The van der Waals surface area contributed by atoms with Gasteiger partial charge in [-0.3, -0.25) is 0 Å². The molecule has 0 saturated heterocycles. The average molecular weight is 330 g/mol. The molecule has 24 heavy (non-hydrogen) atoms. The van der Waals surface area contributed by atoms with E-state index in [0.29, 0.717) is 32.7 Å². The number of hydrogen-bond donors (Lipinski definition) is 2. The summed E-state index contributed by atoms with van der Waals surface area (Å²) in [4.78, 5) is 11.8. The van der Waals surface area contributed by atoms with Crippen molar-refractivity contribution in [2.24, 2.45) is 0 Å². The summed E-state index contributed by atoms with van der Waals surface area (Å²) in [6.45, 7) is 1.99. The molecule has 0 radical (unpaired) electrons. The van der Waals surface area contributed by atoms with E-state index >= 15 is 0 Å². The number of fused-ring (bicyclic) bond motifs is 1. The lowest BCUT2D eigenvalue weighted by Gasteiger charge is -2.18. The first-order valence-corrected chi connectivity index (χ1v) is 7.85. The minimum absolute atomic E-state index is 0.253. The molecule has 0 aliphatic carbocycles. The third-order valence-electron chi connectivity index (χ3n) is 3.67. The topological polar surface area (TPSA) is 59.6 Å². The van der Waals surface area contributed by atoms with Gasteiger partial charge in [-0.25, -0.2) is 9.18 Å². The van der Waals surface area contributed by atoms with Gasteiger partial charge in [0.2, 0.25) is 0 Å². The number of amides is 2. The van der Waals surface area contributed by atoms with Crippen LogP contribution in [0.15, 0.2) is 42.5 Å². The van der Waals surface area contributed by atoms with Crippen molar-refractivity contribution in [2.45, 2.75) is 13.0 Å². The Hall–Kier alpha value is -2.76. The zero-order valence-electron chi connectivity index (χ0n) is 13.2. The monoisotopic (exact) mass is 330 g/mol. The Morgan fingerprint density at radius 3 is 2.46 bits per heavy atom. The Morgan fingerprint density at radius 1 is 0.958 bits per heavy atom. The molecule has 0 saturated carbocycles. The van der Waals surface area contributed by atoms with Gasteiger partial charge in [0, 0.05) is 13.1 Å². The normalized spacial score (nSPS) is 12.5. The highest BCUT2D eigenvalue weighted by molar-refractivity contribution is 5.73. The Balaban J connectivity index is 1.41. The van der Waals surface area contributed by atoms with Crippen molar-refractivity contribution in [3.63, 3.8) is 0 Å². The molecule has 0 aromatic heterocycles. The number of halogens is 1. The standard InChI is InChI=1S/C18H19FN2O3/c19-15-4-1-14(2-5-15)12-21-18(22)20-8-7-13-3-6-16-17(11-13)24-10-9-23-16/h1-6,11H,7-10,12H2,(H2,20,21,22). The number of rotatable bonds is 5. The Labute approximate surface area is 139 Å². The van der Waals surface area contributed by atoms with Gasteiger partial charge in [0.15, 0.2) is 11.5 Å². The molecule has 5 nitrogen and oxygen atoms in total. The first kappa shape index (κ1) is 16.1. The number of carbonyl (C=O) groups is 1. The molecule has 2 aromatic carbocycles. The number of hydrogen-bond acceptors (Lipinski definition) is 3. The van der Waals surface area contributed by atoms with Crippen LogP contribution in [0.4, 0.5) is 9.18 Å². The van der Waals surface area contributed by atoms with Crippen molar-refractivity contribution in [1.29, 1.82) is 0 Å². The molecular formula is C18H19FN2O3. The van der Waals surface area contributed by atoms with Gasteiger partial charge in [0.25, 0.3) is 0 Å². The third kappa shape index (κ3) is 4.38. The van der Waals surface area contributed by atoms with Crippen LogP contribution in [0.2, 0.25) is 0 Å². The molecule has 1 aliphatic heterocycles. The van der Waals surface area contributed by atoms with Gasteiger partial charge in [-0.2, -0.15) is 0 Å². The maximum absolute atomic E-state index is 12.8. The first-order chi connectivity index (χ1) is 11.7. The molecule has 2 amide bonds. The fraction of sp³-hybridized carbons (Fsp3) is 0.278. The Kier molecular flexibility index (Phi) is 5.15. The van der Waals surface area contributed by atoms with E-state index in [2.05, 4.69) is 10.6 Å². The second-order valence-corrected chi connectivity index (χ2v) is 5.46. The molecule has 3 rings (SSSR count). The zero-order valence-corrected chi connectivity index (χ0v) is 13.2. The summed E-state index contributed by atoms with van der Waals surface area (Å²) in [5, 5.41) is 5.53. The molecule has 2 N–H and O–H groups in total. The van der Waals surface area contributed by atoms with Crippen LogP contribution in [-0.4, -0.2) is 25.8 Å². The van der Waals surface area contributed by atoms with E-state index in [-0.39, 0.29) is 11.8 Å². The van der Waals surface area contributed by atoms with E-state index in [0.717, 1.165) is 22.6 Å². The number of urea groups is 1. The third-order valence-corrected chi connectivity index (χ3v) is 3.67. The minimum atomic E-state index is -0.289. The molecule has 0 fully saturated rings. The fourth-order valence-electron chi connectivity index (χ4n) is 2.41. The molecule has 1 heterocycles. The van der Waals surface area contributed by atoms with E-state index in [1.54, 1.807) is 12.1 Å². The summed E-state index contributed by atoms with van der Waals surface area (Å²) in [5.41, 5.74) is 1.91. The maximum Gasteiger partial charge on any atom is 0.315 e. The fourth-order valence-corrected chi connectivity index (χ4v) is 2.41. The molecule has 0 unspecified atom stereocenters. The zero-order chi connectivity index (χ0) is 16.8. The lowest BCUT2D eigenvalue weighted by atomic mass is 10.1. The van der Waals surface area contributed by atoms with E-state index in [4.69, 9.17) is 9.47 Å². The predicted molar refractivity (Wildman–Crippen MR) is 87.8 cm³/mol. The summed E-state index contributed by atoms with van der Waals surface area (Å²) in [5.74, 6) is 1.22. The van der Waals surface area contributed by atoms with Crippen LogP contribution >= 0.6 is 0 Å². The van der Waals surface area contributed by atoms with E-state index < -0.39 is 0 Å². The number of carbonyl (C=O) groups excluding carboxylic acids is 1. The second kappa shape index (κ2) is 7.68. The summed E-state index contributed by atoms with van der Waals surface area (Å²) >= 11 is 0. The first-order valence-electron chi connectivity index (χ1n) is 7.85. The maximum atomic E-state index is 12.8. The highest BCUT2D eigenvalue weighted by Crippen LogP contribution is 2.30. The van der Waals surface area contributed by atoms with Gasteiger partial charge >= 0.3 is 6.03 Å². The van der Waals surface area contributed by atoms with Crippen LogP contribution in [0, 0.1) is 5.82 Å². The lowest BCUT2D eigenvalue weighted by molar-refractivity contribution is 0.171. The van der Waals surface area contributed by atoms with Crippen molar-refractivity contribution < 1.29 is 18.7 Å². The van der Waals surface area contributed by atoms with Gasteiger partial charge in [-0.1, -0.05) is 18.2 Å². The average Bonchev–Trinajstić information content (AvgIpc) is 2.61. The molecule has 2 aromatic rings. The van der Waals surface area contributed by atoms with Crippen LogP contribution in [-0.2, 0) is 13.0 Å². The van der Waals surface area contributed by atoms with Gasteiger partial charge in [-0.15, -0.1) is 0 Å². The van der Waals surface area contributed by atoms with Crippen LogP contribution in [0.1, 0.15) is 11.1 Å².